The number of benzene rings is 2. The molecule has 2 aromatic carbocycles. The number of allylic oxidation sites excluding steroid dienone is 3. The molecule has 1 aliphatic carbocycles. The minimum atomic E-state index is -0.566. The second-order valence-corrected chi connectivity index (χ2v) is 8.63. The van der Waals surface area contributed by atoms with Crippen LogP contribution in [0.2, 0.25) is 0 Å². The van der Waals surface area contributed by atoms with Gasteiger partial charge in [-0.3, -0.25) is 4.79 Å². The number of methoxy groups -OCH3 is 3. The van der Waals surface area contributed by atoms with Crippen molar-refractivity contribution in [3.05, 3.63) is 76.1 Å². The Labute approximate surface area is 205 Å². The standard InChI is InChI=1S/C28H31NO6/c1-6-35-28(31)25-16(2)29-21-13-19(17-8-7-9-20(12-17)32-3)14-22(30)27(21)26(25)18-10-11-23(33-4)24(15-18)34-5/h7-12,15,19,26,29H,6,13-14H2,1-5H3. The second-order valence-electron chi connectivity index (χ2n) is 8.63. The van der Waals surface area contributed by atoms with Crippen LogP contribution in [0, 0.1) is 0 Å². The molecule has 2 unspecified atom stereocenters. The van der Waals surface area contributed by atoms with E-state index in [9.17, 15) is 9.59 Å². The molecule has 2 aliphatic rings. The number of Topliss-reactive ketones (excluding diaryl/α,β-unsaturated/α-hetero) is 1. The summed E-state index contributed by atoms with van der Waals surface area (Å²) in [5.41, 5.74) is 4.37. The van der Waals surface area contributed by atoms with E-state index in [4.69, 9.17) is 18.9 Å². The first kappa shape index (κ1) is 24.4. The lowest BCUT2D eigenvalue weighted by molar-refractivity contribution is -0.138. The Morgan fingerprint density at radius 2 is 1.74 bits per heavy atom. The Hall–Kier alpha value is -3.74. The van der Waals surface area contributed by atoms with Gasteiger partial charge in [-0.1, -0.05) is 18.2 Å². The van der Waals surface area contributed by atoms with Crippen molar-refractivity contribution >= 4 is 11.8 Å². The summed E-state index contributed by atoms with van der Waals surface area (Å²) in [6, 6.07) is 13.3. The molecule has 0 radical (unpaired) electrons. The molecule has 1 aliphatic heterocycles. The van der Waals surface area contributed by atoms with Gasteiger partial charge < -0.3 is 24.3 Å². The molecular weight excluding hydrogens is 446 g/mol. The van der Waals surface area contributed by atoms with E-state index in [-0.39, 0.29) is 18.3 Å². The summed E-state index contributed by atoms with van der Waals surface area (Å²) in [5.74, 6) is 0.869. The van der Waals surface area contributed by atoms with E-state index >= 15 is 0 Å². The molecule has 2 aromatic rings. The van der Waals surface area contributed by atoms with Gasteiger partial charge in [0.2, 0.25) is 0 Å². The molecule has 0 fully saturated rings. The maximum atomic E-state index is 13.7. The highest BCUT2D eigenvalue weighted by atomic mass is 16.5. The van der Waals surface area contributed by atoms with E-state index < -0.39 is 11.9 Å². The summed E-state index contributed by atoms with van der Waals surface area (Å²) in [4.78, 5) is 26.8. The molecule has 0 aromatic heterocycles. The van der Waals surface area contributed by atoms with Gasteiger partial charge in [-0.05, 0) is 61.6 Å². The number of nitrogens with one attached hydrogen (secondary N) is 1. The summed E-state index contributed by atoms with van der Waals surface area (Å²) in [6.45, 7) is 3.86. The van der Waals surface area contributed by atoms with Crippen LogP contribution in [-0.4, -0.2) is 39.7 Å². The zero-order valence-corrected chi connectivity index (χ0v) is 20.8. The zero-order valence-electron chi connectivity index (χ0n) is 20.8. The maximum Gasteiger partial charge on any atom is 0.336 e. The Morgan fingerprint density at radius 3 is 2.43 bits per heavy atom. The number of hydrogen-bond acceptors (Lipinski definition) is 7. The van der Waals surface area contributed by atoms with E-state index in [0.29, 0.717) is 41.2 Å². The first-order valence-corrected chi connectivity index (χ1v) is 11.7. The lowest BCUT2D eigenvalue weighted by Crippen LogP contribution is -2.36. The van der Waals surface area contributed by atoms with Crippen LogP contribution < -0.4 is 19.5 Å². The van der Waals surface area contributed by atoms with Gasteiger partial charge >= 0.3 is 5.97 Å². The average Bonchev–Trinajstić information content (AvgIpc) is 2.87. The number of carbonyl (C=O) groups excluding carboxylic acids is 2. The molecule has 0 saturated heterocycles. The number of hydrogen-bond donors (Lipinski definition) is 1. The van der Waals surface area contributed by atoms with Crippen LogP contribution in [0.5, 0.6) is 17.2 Å². The van der Waals surface area contributed by atoms with Gasteiger partial charge in [-0.15, -0.1) is 0 Å². The fourth-order valence-corrected chi connectivity index (χ4v) is 5.02. The highest BCUT2D eigenvalue weighted by Crippen LogP contribution is 2.47. The number of carbonyl (C=O) groups is 2. The molecule has 0 saturated carbocycles. The number of ether oxygens (including phenoxy) is 4. The van der Waals surface area contributed by atoms with Gasteiger partial charge in [0, 0.05) is 29.3 Å². The average molecular weight is 478 g/mol. The molecular formula is C28H31NO6. The lowest BCUT2D eigenvalue weighted by Gasteiger charge is -2.36. The van der Waals surface area contributed by atoms with Crippen molar-refractivity contribution in [3.8, 4) is 17.2 Å². The van der Waals surface area contributed by atoms with Crippen molar-refractivity contribution in [3.63, 3.8) is 0 Å². The second kappa shape index (κ2) is 10.3. The maximum absolute atomic E-state index is 13.7. The molecule has 0 amide bonds. The van der Waals surface area contributed by atoms with Crippen LogP contribution in [0.1, 0.15) is 49.7 Å². The molecule has 35 heavy (non-hydrogen) atoms. The van der Waals surface area contributed by atoms with Crippen molar-refractivity contribution in [2.24, 2.45) is 0 Å². The Balaban J connectivity index is 1.82. The normalized spacial score (nSPS) is 19.6. The van der Waals surface area contributed by atoms with E-state index in [1.54, 1.807) is 34.3 Å². The summed E-state index contributed by atoms with van der Waals surface area (Å²) >= 11 is 0. The van der Waals surface area contributed by atoms with Crippen molar-refractivity contribution in [1.82, 2.24) is 5.32 Å². The lowest BCUT2D eigenvalue weighted by atomic mass is 9.71. The van der Waals surface area contributed by atoms with Crippen LogP contribution in [0.3, 0.4) is 0 Å². The Morgan fingerprint density at radius 1 is 0.971 bits per heavy atom. The molecule has 7 heteroatoms. The van der Waals surface area contributed by atoms with E-state index in [0.717, 1.165) is 22.6 Å². The minimum absolute atomic E-state index is 0.000605. The Kier molecular flexibility index (Phi) is 7.15. The van der Waals surface area contributed by atoms with E-state index in [1.807, 2.05) is 43.3 Å². The molecule has 0 spiro atoms. The van der Waals surface area contributed by atoms with Gasteiger partial charge in [-0.2, -0.15) is 0 Å². The summed E-state index contributed by atoms with van der Waals surface area (Å²) in [6.07, 6.45) is 0.984. The summed E-state index contributed by atoms with van der Waals surface area (Å²) < 4.78 is 21.7. The molecule has 2 atom stereocenters. The van der Waals surface area contributed by atoms with Crippen LogP contribution in [0.25, 0.3) is 0 Å². The predicted octanol–water partition coefficient (Wildman–Crippen LogP) is 4.64. The predicted molar refractivity (Wildman–Crippen MR) is 132 cm³/mol. The number of dihydropyridines is 1. The highest BCUT2D eigenvalue weighted by molar-refractivity contribution is 6.04. The molecule has 1 heterocycles. The van der Waals surface area contributed by atoms with Gasteiger partial charge in [0.05, 0.1) is 33.5 Å². The molecule has 7 nitrogen and oxygen atoms in total. The smallest absolute Gasteiger partial charge is 0.336 e. The molecule has 0 bridgehead atoms. The SMILES string of the molecule is CCOC(=O)C1=C(C)NC2=C(C(=O)CC(c3cccc(OC)c3)C2)C1c1ccc(OC)c(OC)c1. The number of ketones is 1. The number of esters is 1. The van der Waals surface area contributed by atoms with Crippen LogP contribution in [-0.2, 0) is 14.3 Å². The van der Waals surface area contributed by atoms with Crippen molar-refractivity contribution in [2.45, 2.75) is 38.5 Å². The quantitative estimate of drug-likeness (QED) is 0.582. The van der Waals surface area contributed by atoms with Gasteiger partial charge in [0.1, 0.15) is 5.75 Å². The third-order valence-corrected chi connectivity index (χ3v) is 6.63. The van der Waals surface area contributed by atoms with Crippen LogP contribution in [0.15, 0.2) is 65.0 Å². The van der Waals surface area contributed by atoms with Crippen LogP contribution in [0.4, 0.5) is 0 Å². The molecule has 1 N–H and O–H groups in total. The fourth-order valence-electron chi connectivity index (χ4n) is 5.02. The van der Waals surface area contributed by atoms with Crippen molar-refractivity contribution in [2.75, 3.05) is 27.9 Å². The van der Waals surface area contributed by atoms with Gasteiger partial charge in [-0.25, -0.2) is 4.79 Å². The Bertz CT molecular complexity index is 1210. The van der Waals surface area contributed by atoms with E-state index in [1.165, 1.54) is 0 Å². The number of rotatable bonds is 7. The topological polar surface area (TPSA) is 83.1 Å². The zero-order chi connectivity index (χ0) is 25.1. The highest BCUT2D eigenvalue weighted by Gasteiger charge is 2.41. The van der Waals surface area contributed by atoms with Gasteiger partial charge in [0.15, 0.2) is 17.3 Å². The molecule has 184 valence electrons. The summed E-state index contributed by atoms with van der Waals surface area (Å²) in [5, 5.41) is 3.37. The van der Waals surface area contributed by atoms with Crippen LogP contribution >= 0.6 is 0 Å². The summed E-state index contributed by atoms with van der Waals surface area (Å²) in [7, 11) is 4.76. The first-order valence-electron chi connectivity index (χ1n) is 11.7. The van der Waals surface area contributed by atoms with Crippen molar-refractivity contribution < 1.29 is 28.5 Å². The van der Waals surface area contributed by atoms with E-state index in [2.05, 4.69) is 5.32 Å². The fraction of sp³-hybridized carbons (Fsp3) is 0.357. The van der Waals surface area contributed by atoms with Crippen molar-refractivity contribution in [1.29, 1.82) is 0 Å². The molecule has 4 rings (SSSR count). The van der Waals surface area contributed by atoms with Gasteiger partial charge in [0.25, 0.3) is 0 Å². The third-order valence-electron chi connectivity index (χ3n) is 6.63. The largest absolute Gasteiger partial charge is 0.497 e. The third kappa shape index (κ3) is 4.63. The first-order chi connectivity index (χ1) is 16.9. The monoisotopic (exact) mass is 477 g/mol. The minimum Gasteiger partial charge on any atom is -0.497 e.